The van der Waals surface area contributed by atoms with Crippen molar-refractivity contribution in [1.82, 2.24) is 9.88 Å². The minimum absolute atomic E-state index is 0.116. The number of fused-ring (bicyclic) bond motifs is 6. The summed E-state index contributed by atoms with van der Waals surface area (Å²) in [5.41, 5.74) is 19.5. The van der Waals surface area contributed by atoms with Gasteiger partial charge in [-0.15, -0.1) is 0 Å². The second-order valence-electron chi connectivity index (χ2n) is 17.6. The monoisotopic (exact) mass is 762 g/mol. The van der Waals surface area contributed by atoms with E-state index in [0.29, 0.717) is 11.8 Å². The van der Waals surface area contributed by atoms with Gasteiger partial charge in [-0.2, -0.15) is 0 Å². The Hall–Kier alpha value is -6.38. The van der Waals surface area contributed by atoms with Gasteiger partial charge < -0.3 is 9.88 Å². The van der Waals surface area contributed by atoms with Gasteiger partial charge in [0.25, 0.3) is 0 Å². The van der Waals surface area contributed by atoms with Crippen LogP contribution in [0.3, 0.4) is 0 Å². The van der Waals surface area contributed by atoms with Crippen LogP contribution in [0.4, 0.5) is 0 Å². The van der Waals surface area contributed by atoms with E-state index >= 15 is 0 Å². The molecule has 2 heterocycles. The molecule has 0 radical (unpaired) electrons. The van der Waals surface area contributed by atoms with Crippen molar-refractivity contribution in [2.45, 2.75) is 57.9 Å². The van der Waals surface area contributed by atoms with Crippen molar-refractivity contribution in [3.63, 3.8) is 0 Å². The molecule has 0 amide bonds. The SMILES string of the molecule is C[C@@H]1C=C(c2ccc3c(c2)c2ccccc2n3-c2ccccc2-c2cccc3c2C(C)(C)c2ccccc2-3)C(C2=CC(C3C=CC=CC3)=CC(C3=CCCC=C3)N2)=CC1. The number of allylic oxidation sites excluding steroid dienone is 11. The van der Waals surface area contributed by atoms with Gasteiger partial charge in [0.1, 0.15) is 0 Å². The minimum atomic E-state index is -0.116. The maximum atomic E-state index is 4.03. The molecule has 2 heteroatoms. The number of benzene rings is 5. The zero-order chi connectivity index (χ0) is 39.7. The lowest BCUT2D eigenvalue weighted by atomic mass is 9.78. The number of aromatic nitrogens is 1. The average Bonchev–Trinajstić information content (AvgIpc) is 3.74. The van der Waals surface area contributed by atoms with Crippen LogP contribution < -0.4 is 5.32 Å². The van der Waals surface area contributed by atoms with Crippen LogP contribution in [0.5, 0.6) is 0 Å². The van der Waals surface area contributed by atoms with Gasteiger partial charge in [-0.05, 0) is 112 Å². The van der Waals surface area contributed by atoms with Crippen LogP contribution in [0.2, 0.25) is 0 Å². The molecular formula is C57H50N2. The van der Waals surface area contributed by atoms with Crippen molar-refractivity contribution in [3.8, 4) is 27.9 Å². The third-order valence-corrected chi connectivity index (χ3v) is 13.5. The Labute approximate surface area is 348 Å². The molecule has 288 valence electrons. The summed E-state index contributed by atoms with van der Waals surface area (Å²) in [5, 5.41) is 6.58. The highest BCUT2D eigenvalue weighted by Gasteiger charge is 2.38. The van der Waals surface area contributed by atoms with E-state index in [4.69, 9.17) is 0 Å². The number of para-hydroxylation sites is 2. The second kappa shape index (κ2) is 14.2. The molecule has 0 saturated carbocycles. The third-order valence-electron chi connectivity index (χ3n) is 13.5. The Morgan fingerprint density at radius 2 is 1.42 bits per heavy atom. The Morgan fingerprint density at radius 1 is 0.644 bits per heavy atom. The molecule has 0 fully saturated rings. The van der Waals surface area contributed by atoms with E-state index in [1.165, 1.54) is 94.4 Å². The van der Waals surface area contributed by atoms with Gasteiger partial charge in [-0.3, -0.25) is 0 Å². The van der Waals surface area contributed by atoms with Gasteiger partial charge in [-0.1, -0.05) is 166 Å². The van der Waals surface area contributed by atoms with Crippen LogP contribution >= 0.6 is 0 Å². The fraction of sp³-hybridized carbons (Fsp3) is 0.193. The van der Waals surface area contributed by atoms with E-state index in [2.05, 4.69) is 207 Å². The Bertz CT molecular complexity index is 2960. The van der Waals surface area contributed by atoms with Gasteiger partial charge in [0, 0.05) is 38.9 Å². The summed E-state index contributed by atoms with van der Waals surface area (Å²) in [6.45, 7) is 7.13. The first kappa shape index (κ1) is 35.8. The molecule has 1 aliphatic heterocycles. The molecule has 3 atom stereocenters. The van der Waals surface area contributed by atoms with Crippen LogP contribution in [0.25, 0.3) is 55.3 Å². The van der Waals surface area contributed by atoms with E-state index in [0.717, 1.165) is 25.7 Å². The number of nitrogens with zero attached hydrogens (tertiary/aromatic N) is 1. The molecule has 5 aromatic carbocycles. The van der Waals surface area contributed by atoms with Crippen LogP contribution in [0, 0.1) is 11.8 Å². The highest BCUT2D eigenvalue weighted by molar-refractivity contribution is 6.11. The maximum Gasteiger partial charge on any atom is 0.0700 e. The molecular weight excluding hydrogens is 713 g/mol. The number of hydrogen-bond donors (Lipinski definition) is 1. The van der Waals surface area contributed by atoms with Crippen molar-refractivity contribution >= 4 is 27.4 Å². The van der Waals surface area contributed by atoms with E-state index in [-0.39, 0.29) is 11.5 Å². The van der Waals surface area contributed by atoms with Gasteiger partial charge >= 0.3 is 0 Å². The summed E-state index contributed by atoms with van der Waals surface area (Å²) in [6.07, 6.45) is 30.3. The molecule has 0 saturated heterocycles. The van der Waals surface area contributed by atoms with Crippen molar-refractivity contribution < 1.29 is 0 Å². The molecule has 0 bridgehead atoms. The van der Waals surface area contributed by atoms with E-state index in [9.17, 15) is 0 Å². The smallest absolute Gasteiger partial charge is 0.0700 e. The normalized spacial score (nSPS) is 21.6. The van der Waals surface area contributed by atoms with Gasteiger partial charge in [0.2, 0.25) is 0 Å². The Balaban J connectivity index is 1.04. The van der Waals surface area contributed by atoms with Gasteiger partial charge in [0.05, 0.1) is 22.8 Å². The fourth-order valence-electron chi connectivity index (χ4n) is 10.6. The molecule has 0 spiro atoms. The first-order valence-electron chi connectivity index (χ1n) is 21.6. The minimum Gasteiger partial charge on any atom is -0.374 e. The summed E-state index contributed by atoms with van der Waals surface area (Å²) in [4.78, 5) is 0. The van der Waals surface area contributed by atoms with Crippen molar-refractivity contribution in [2.75, 3.05) is 0 Å². The van der Waals surface area contributed by atoms with Crippen LogP contribution in [0.1, 0.15) is 63.1 Å². The predicted molar refractivity (Wildman–Crippen MR) is 250 cm³/mol. The lowest BCUT2D eigenvalue weighted by molar-refractivity contribution is 0.662. The van der Waals surface area contributed by atoms with Crippen molar-refractivity contribution in [2.24, 2.45) is 11.8 Å². The summed E-state index contributed by atoms with van der Waals surface area (Å²) in [6, 6.07) is 41.2. The number of dihydropyridines is 1. The standard InChI is InChI=1S/C57H50N2/c1-37-29-31-43(52-36-41(38-17-6-4-7-18-38)35-51(58-52)39-19-8-5-9-20-39)48(33-37)40-30-32-55-49(34-40)45-23-12-15-28-54(45)59(55)53-27-14-11-22-44(53)47-25-16-24-46-42-21-10-13-26-50(42)57(2,3)56(46)47/h4,6-8,10-17,19-28,30-38,51,58H,5,9,18,29H2,1-3H3/t37-,38?,51?/m0/s1. The summed E-state index contributed by atoms with van der Waals surface area (Å²) >= 11 is 0. The molecule has 4 aliphatic carbocycles. The predicted octanol–water partition coefficient (Wildman–Crippen LogP) is 14.3. The molecule has 5 aliphatic rings. The fourth-order valence-corrected chi connectivity index (χ4v) is 10.6. The first-order chi connectivity index (χ1) is 28.9. The zero-order valence-electron chi connectivity index (χ0n) is 34.3. The molecule has 11 rings (SSSR count). The summed E-state index contributed by atoms with van der Waals surface area (Å²) in [5.74, 6) is 0.832. The molecule has 2 nitrogen and oxygen atoms in total. The Morgan fingerprint density at radius 3 is 2.27 bits per heavy atom. The third kappa shape index (κ3) is 5.91. The summed E-state index contributed by atoms with van der Waals surface area (Å²) in [7, 11) is 0. The summed E-state index contributed by atoms with van der Waals surface area (Å²) < 4.78 is 2.51. The average molecular weight is 763 g/mol. The quantitative estimate of drug-likeness (QED) is 0.179. The van der Waals surface area contributed by atoms with Crippen molar-refractivity contribution in [3.05, 3.63) is 215 Å². The van der Waals surface area contributed by atoms with E-state index in [1.807, 2.05) is 0 Å². The first-order valence-corrected chi connectivity index (χ1v) is 21.6. The van der Waals surface area contributed by atoms with Crippen LogP contribution in [-0.2, 0) is 5.41 Å². The number of hydrogen-bond acceptors (Lipinski definition) is 1. The number of nitrogens with one attached hydrogen (secondary N) is 1. The molecule has 2 unspecified atom stereocenters. The van der Waals surface area contributed by atoms with E-state index < -0.39 is 0 Å². The van der Waals surface area contributed by atoms with Gasteiger partial charge in [-0.25, -0.2) is 0 Å². The highest BCUT2D eigenvalue weighted by Crippen LogP contribution is 2.53. The lowest BCUT2D eigenvalue weighted by Gasteiger charge is -2.32. The van der Waals surface area contributed by atoms with Crippen molar-refractivity contribution in [1.29, 1.82) is 0 Å². The molecule has 1 aromatic heterocycles. The van der Waals surface area contributed by atoms with E-state index in [1.54, 1.807) is 0 Å². The van der Waals surface area contributed by atoms with Crippen LogP contribution in [0.15, 0.2) is 198 Å². The molecule has 59 heavy (non-hydrogen) atoms. The number of rotatable bonds is 6. The van der Waals surface area contributed by atoms with Crippen LogP contribution in [-0.4, -0.2) is 10.6 Å². The Kier molecular flexibility index (Phi) is 8.59. The lowest BCUT2D eigenvalue weighted by Crippen LogP contribution is -2.33. The largest absolute Gasteiger partial charge is 0.374 e. The zero-order valence-corrected chi connectivity index (χ0v) is 34.3. The highest BCUT2D eigenvalue weighted by atomic mass is 15.0. The maximum absolute atomic E-state index is 4.03. The second-order valence-corrected chi connectivity index (χ2v) is 17.6. The molecule has 1 N–H and O–H groups in total. The topological polar surface area (TPSA) is 17.0 Å². The molecule has 6 aromatic rings. The van der Waals surface area contributed by atoms with Gasteiger partial charge in [0.15, 0.2) is 0 Å².